The lowest BCUT2D eigenvalue weighted by Gasteiger charge is -2.11. The first-order valence-corrected chi connectivity index (χ1v) is 8.54. The molecule has 0 heterocycles. The zero-order valence-electron chi connectivity index (χ0n) is 13.3. The van der Waals surface area contributed by atoms with Crippen LogP contribution >= 0.6 is 11.8 Å². The first kappa shape index (κ1) is 17.3. The van der Waals surface area contributed by atoms with Crippen LogP contribution in [0.15, 0.2) is 42.5 Å². The van der Waals surface area contributed by atoms with Crippen LogP contribution in [0.1, 0.15) is 11.1 Å². The van der Waals surface area contributed by atoms with Gasteiger partial charge in [0.2, 0.25) is 5.91 Å². The van der Waals surface area contributed by atoms with Crippen molar-refractivity contribution in [3.63, 3.8) is 0 Å². The monoisotopic (exact) mass is 333 g/mol. The van der Waals surface area contributed by atoms with Gasteiger partial charge in [0.1, 0.15) is 11.6 Å². The lowest BCUT2D eigenvalue weighted by atomic mass is 10.1. The van der Waals surface area contributed by atoms with Crippen LogP contribution in [-0.4, -0.2) is 24.0 Å². The summed E-state index contributed by atoms with van der Waals surface area (Å²) < 4.78 is 18.8. The third kappa shape index (κ3) is 5.60. The van der Waals surface area contributed by atoms with Crippen molar-refractivity contribution in [3.8, 4) is 5.75 Å². The Morgan fingerprint density at radius 3 is 2.57 bits per heavy atom. The van der Waals surface area contributed by atoms with Crippen LogP contribution in [0.2, 0.25) is 0 Å². The summed E-state index contributed by atoms with van der Waals surface area (Å²) in [6.45, 7) is 4.58. The molecule has 0 spiro atoms. The quantitative estimate of drug-likeness (QED) is 0.772. The number of rotatable bonds is 7. The zero-order chi connectivity index (χ0) is 16.7. The van der Waals surface area contributed by atoms with E-state index >= 15 is 0 Å². The Morgan fingerprint density at radius 2 is 1.87 bits per heavy atom. The highest BCUT2D eigenvalue weighted by Crippen LogP contribution is 2.22. The molecule has 0 radical (unpaired) electrons. The molecule has 1 N–H and O–H groups in total. The van der Waals surface area contributed by atoms with E-state index in [1.807, 2.05) is 32.0 Å². The van der Waals surface area contributed by atoms with Crippen molar-refractivity contribution in [3.05, 3.63) is 59.4 Å². The third-order valence-electron chi connectivity index (χ3n) is 3.22. The zero-order valence-corrected chi connectivity index (χ0v) is 14.1. The Bertz CT molecular complexity index is 656. The number of halogens is 1. The predicted molar refractivity (Wildman–Crippen MR) is 93.8 cm³/mol. The fraction of sp³-hybridized carbons (Fsp3) is 0.278. The molecule has 0 unspecified atom stereocenters. The van der Waals surface area contributed by atoms with Gasteiger partial charge in [0.15, 0.2) is 0 Å². The summed E-state index contributed by atoms with van der Waals surface area (Å²) >= 11 is 1.48. The van der Waals surface area contributed by atoms with Crippen molar-refractivity contribution in [1.82, 2.24) is 0 Å². The molecular weight excluding hydrogens is 313 g/mol. The van der Waals surface area contributed by atoms with E-state index in [9.17, 15) is 9.18 Å². The topological polar surface area (TPSA) is 38.3 Å². The van der Waals surface area contributed by atoms with Gasteiger partial charge in [-0.05, 0) is 43.2 Å². The molecule has 1 amide bonds. The highest BCUT2D eigenvalue weighted by molar-refractivity contribution is 7.99. The second kappa shape index (κ2) is 8.58. The second-order valence-electron chi connectivity index (χ2n) is 5.18. The number of thioether (sulfide) groups is 1. The van der Waals surface area contributed by atoms with E-state index in [0.717, 1.165) is 16.9 Å². The van der Waals surface area contributed by atoms with Gasteiger partial charge in [0, 0.05) is 11.4 Å². The highest BCUT2D eigenvalue weighted by Gasteiger charge is 2.05. The van der Waals surface area contributed by atoms with Crippen molar-refractivity contribution in [2.75, 3.05) is 23.4 Å². The molecule has 122 valence electrons. The van der Waals surface area contributed by atoms with E-state index in [2.05, 4.69) is 5.32 Å². The van der Waals surface area contributed by atoms with Gasteiger partial charge >= 0.3 is 0 Å². The smallest absolute Gasteiger partial charge is 0.234 e. The van der Waals surface area contributed by atoms with Gasteiger partial charge in [-0.3, -0.25) is 4.79 Å². The molecule has 2 aromatic rings. The number of para-hydroxylation sites is 1. The highest BCUT2D eigenvalue weighted by atomic mass is 32.2. The standard InChI is InChI=1S/C18H20FNO2S/c1-13-5-3-6-14(2)18(13)22-9-10-23-12-17(21)20-16-8-4-7-15(19)11-16/h3-8,11H,9-10,12H2,1-2H3,(H,20,21). The summed E-state index contributed by atoms with van der Waals surface area (Å²) in [6, 6.07) is 11.9. The second-order valence-corrected chi connectivity index (χ2v) is 6.29. The molecule has 0 atom stereocenters. The average molecular weight is 333 g/mol. The van der Waals surface area contributed by atoms with E-state index in [-0.39, 0.29) is 11.7 Å². The normalized spacial score (nSPS) is 10.4. The van der Waals surface area contributed by atoms with Gasteiger partial charge in [0.25, 0.3) is 0 Å². The maximum atomic E-state index is 13.0. The Balaban J connectivity index is 1.68. The summed E-state index contributed by atoms with van der Waals surface area (Å²) in [6.07, 6.45) is 0. The van der Waals surface area contributed by atoms with E-state index in [0.29, 0.717) is 23.8 Å². The first-order valence-electron chi connectivity index (χ1n) is 7.38. The van der Waals surface area contributed by atoms with Gasteiger partial charge in [-0.2, -0.15) is 0 Å². The van der Waals surface area contributed by atoms with Crippen LogP contribution in [0.5, 0.6) is 5.75 Å². The van der Waals surface area contributed by atoms with E-state index < -0.39 is 0 Å². The molecule has 5 heteroatoms. The fourth-order valence-electron chi connectivity index (χ4n) is 2.16. The molecule has 0 aromatic heterocycles. The number of carbonyl (C=O) groups is 1. The molecule has 0 saturated carbocycles. The molecule has 0 saturated heterocycles. The molecule has 23 heavy (non-hydrogen) atoms. The maximum Gasteiger partial charge on any atom is 0.234 e. The number of hydrogen-bond acceptors (Lipinski definition) is 3. The lowest BCUT2D eigenvalue weighted by molar-refractivity contribution is -0.113. The third-order valence-corrected chi connectivity index (χ3v) is 4.15. The molecule has 0 aliphatic carbocycles. The average Bonchev–Trinajstić information content (AvgIpc) is 2.49. The van der Waals surface area contributed by atoms with Crippen molar-refractivity contribution < 1.29 is 13.9 Å². The Labute approximate surface area is 140 Å². The Morgan fingerprint density at radius 1 is 1.17 bits per heavy atom. The van der Waals surface area contributed by atoms with Crippen LogP contribution in [-0.2, 0) is 4.79 Å². The van der Waals surface area contributed by atoms with Crippen molar-refractivity contribution >= 4 is 23.4 Å². The van der Waals surface area contributed by atoms with E-state index in [1.165, 1.54) is 23.9 Å². The van der Waals surface area contributed by atoms with Crippen LogP contribution in [0.4, 0.5) is 10.1 Å². The summed E-state index contributed by atoms with van der Waals surface area (Å²) in [5.41, 5.74) is 2.69. The molecule has 0 aliphatic heterocycles. The fourth-order valence-corrected chi connectivity index (χ4v) is 2.76. The van der Waals surface area contributed by atoms with E-state index in [1.54, 1.807) is 12.1 Å². The van der Waals surface area contributed by atoms with E-state index in [4.69, 9.17) is 4.74 Å². The molecule has 3 nitrogen and oxygen atoms in total. The van der Waals surface area contributed by atoms with Gasteiger partial charge in [-0.25, -0.2) is 4.39 Å². The number of carbonyl (C=O) groups excluding carboxylic acids is 1. The van der Waals surface area contributed by atoms with Crippen LogP contribution in [0.3, 0.4) is 0 Å². The van der Waals surface area contributed by atoms with Crippen molar-refractivity contribution in [1.29, 1.82) is 0 Å². The molecular formula is C18H20FNO2S. The van der Waals surface area contributed by atoms with Crippen LogP contribution in [0.25, 0.3) is 0 Å². The minimum Gasteiger partial charge on any atom is -0.492 e. The lowest BCUT2D eigenvalue weighted by Crippen LogP contribution is -2.15. The van der Waals surface area contributed by atoms with Gasteiger partial charge < -0.3 is 10.1 Å². The van der Waals surface area contributed by atoms with Gasteiger partial charge in [-0.1, -0.05) is 24.3 Å². The summed E-state index contributed by atoms with van der Waals surface area (Å²) in [7, 11) is 0. The van der Waals surface area contributed by atoms with Crippen LogP contribution < -0.4 is 10.1 Å². The molecule has 0 bridgehead atoms. The number of benzene rings is 2. The minimum absolute atomic E-state index is 0.146. The number of ether oxygens (including phenoxy) is 1. The van der Waals surface area contributed by atoms with Gasteiger partial charge in [-0.15, -0.1) is 11.8 Å². The largest absolute Gasteiger partial charge is 0.492 e. The first-order chi connectivity index (χ1) is 11.1. The van der Waals surface area contributed by atoms with Gasteiger partial charge in [0.05, 0.1) is 12.4 Å². The SMILES string of the molecule is Cc1cccc(C)c1OCCSCC(=O)Nc1cccc(F)c1. The molecule has 2 aromatic carbocycles. The molecule has 2 rings (SSSR count). The Kier molecular flexibility index (Phi) is 6.47. The maximum absolute atomic E-state index is 13.0. The summed E-state index contributed by atoms with van der Waals surface area (Å²) in [5, 5.41) is 2.67. The van der Waals surface area contributed by atoms with Crippen LogP contribution in [0, 0.1) is 19.7 Å². The number of hydrogen-bond donors (Lipinski definition) is 1. The number of anilines is 1. The summed E-state index contributed by atoms with van der Waals surface area (Å²) in [5.74, 6) is 1.43. The van der Waals surface area contributed by atoms with Crippen molar-refractivity contribution in [2.24, 2.45) is 0 Å². The molecule has 0 fully saturated rings. The Hall–Kier alpha value is -2.01. The van der Waals surface area contributed by atoms with Crippen molar-refractivity contribution in [2.45, 2.75) is 13.8 Å². The molecule has 0 aliphatic rings. The summed E-state index contributed by atoms with van der Waals surface area (Å²) in [4.78, 5) is 11.8. The number of aryl methyl sites for hydroxylation is 2. The minimum atomic E-state index is -0.363. The number of nitrogens with one attached hydrogen (secondary N) is 1. The number of amides is 1. The predicted octanol–water partition coefficient (Wildman–Crippen LogP) is 4.19.